The standard InChI is InChI=1S/C25H22ClFN4O4S/c1-25(9-10-36(33,34)14-25)29-24(32)15-3-8-18-21(11-15)31(17-6-4-16(27)5-7-17)30-23(18)19-12-22(35-2)28-13-20(19)26/h3-8,11-13H,9-10,14H2,1-2H3,(H,29,32)/t25-/m1/s1. The quantitative estimate of drug-likeness (QED) is 0.416. The Kier molecular flexibility index (Phi) is 5.96. The van der Waals surface area contributed by atoms with E-state index >= 15 is 0 Å². The Morgan fingerprint density at radius 1 is 1.19 bits per heavy atom. The lowest BCUT2D eigenvalue weighted by atomic mass is 10.0. The average molecular weight is 529 g/mol. The van der Waals surface area contributed by atoms with Crippen LogP contribution in [0.4, 0.5) is 4.39 Å². The van der Waals surface area contributed by atoms with Gasteiger partial charge >= 0.3 is 0 Å². The maximum Gasteiger partial charge on any atom is 0.251 e. The molecule has 11 heteroatoms. The summed E-state index contributed by atoms with van der Waals surface area (Å²) in [5.41, 5.74) is 1.77. The smallest absolute Gasteiger partial charge is 0.251 e. The highest BCUT2D eigenvalue weighted by Crippen LogP contribution is 2.36. The molecule has 4 aromatic rings. The fourth-order valence-electron chi connectivity index (χ4n) is 4.40. The zero-order valence-electron chi connectivity index (χ0n) is 19.5. The molecule has 0 spiro atoms. The third-order valence-electron chi connectivity index (χ3n) is 6.23. The number of hydrogen-bond donors (Lipinski definition) is 1. The SMILES string of the molecule is COc1cc(-c2nn(-c3ccc(F)cc3)c3cc(C(=O)N[C@]4(C)CCS(=O)(=O)C4)ccc23)c(Cl)cn1. The molecule has 0 radical (unpaired) electrons. The average Bonchev–Trinajstić information content (AvgIpc) is 3.35. The minimum atomic E-state index is -3.19. The number of aromatic nitrogens is 3. The van der Waals surface area contributed by atoms with Crippen LogP contribution < -0.4 is 10.1 Å². The molecule has 1 fully saturated rings. The van der Waals surface area contributed by atoms with Crippen molar-refractivity contribution in [3.8, 4) is 22.8 Å². The van der Waals surface area contributed by atoms with E-state index < -0.39 is 27.1 Å². The molecule has 1 saturated heterocycles. The number of carbonyl (C=O) groups excluding carboxylic acids is 1. The van der Waals surface area contributed by atoms with Gasteiger partial charge in [-0.2, -0.15) is 5.10 Å². The van der Waals surface area contributed by atoms with Crippen molar-refractivity contribution < 1.29 is 22.3 Å². The number of amides is 1. The van der Waals surface area contributed by atoms with Gasteiger partial charge in [-0.15, -0.1) is 0 Å². The molecule has 2 aromatic heterocycles. The number of nitrogens with zero attached hydrogens (tertiary/aromatic N) is 3. The third-order valence-corrected chi connectivity index (χ3v) is 8.43. The zero-order valence-corrected chi connectivity index (χ0v) is 21.0. The molecule has 5 rings (SSSR count). The number of halogens is 2. The van der Waals surface area contributed by atoms with E-state index in [0.717, 1.165) is 0 Å². The van der Waals surface area contributed by atoms with Gasteiger partial charge in [0.1, 0.15) is 11.5 Å². The molecule has 0 bridgehead atoms. The summed E-state index contributed by atoms with van der Waals surface area (Å²) in [7, 11) is -1.69. The van der Waals surface area contributed by atoms with E-state index in [9.17, 15) is 17.6 Å². The van der Waals surface area contributed by atoms with Gasteiger partial charge in [0.25, 0.3) is 5.91 Å². The first-order valence-electron chi connectivity index (χ1n) is 11.1. The number of rotatable bonds is 5. The Morgan fingerprint density at radius 2 is 1.94 bits per heavy atom. The molecule has 1 atom stereocenters. The first kappa shape index (κ1) is 24.2. The molecule has 36 heavy (non-hydrogen) atoms. The van der Waals surface area contributed by atoms with E-state index in [1.165, 1.54) is 25.4 Å². The number of fused-ring (bicyclic) bond motifs is 1. The van der Waals surface area contributed by atoms with Gasteiger partial charge in [-0.05, 0) is 55.8 Å². The summed E-state index contributed by atoms with van der Waals surface area (Å²) in [4.78, 5) is 17.3. The zero-order chi connectivity index (χ0) is 25.7. The van der Waals surface area contributed by atoms with Crippen molar-refractivity contribution in [1.29, 1.82) is 0 Å². The van der Waals surface area contributed by atoms with Gasteiger partial charge in [0.05, 0.1) is 46.6 Å². The summed E-state index contributed by atoms with van der Waals surface area (Å²) < 4.78 is 44.4. The second kappa shape index (κ2) is 8.86. The van der Waals surface area contributed by atoms with Crippen molar-refractivity contribution in [1.82, 2.24) is 20.1 Å². The topological polar surface area (TPSA) is 103 Å². The molecule has 2 aromatic carbocycles. The predicted molar refractivity (Wildman–Crippen MR) is 135 cm³/mol. The minimum Gasteiger partial charge on any atom is -0.481 e. The van der Waals surface area contributed by atoms with Crippen LogP contribution in [0.15, 0.2) is 54.7 Å². The van der Waals surface area contributed by atoms with Gasteiger partial charge in [-0.25, -0.2) is 22.5 Å². The monoisotopic (exact) mass is 528 g/mol. The summed E-state index contributed by atoms with van der Waals surface area (Å²) in [6.07, 6.45) is 1.82. The van der Waals surface area contributed by atoms with Crippen molar-refractivity contribution >= 4 is 38.2 Å². The van der Waals surface area contributed by atoms with Crippen LogP contribution in [0.5, 0.6) is 5.88 Å². The van der Waals surface area contributed by atoms with E-state index in [2.05, 4.69) is 10.3 Å². The molecule has 1 amide bonds. The molecule has 0 unspecified atom stereocenters. The Bertz CT molecular complexity index is 1600. The molecule has 0 saturated carbocycles. The molecular weight excluding hydrogens is 507 g/mol. The summed E-state index contributed by atoms with van der Waals surface area (Å²) in [6, 6.07) is 12.5. The second-order valence-electron chi connectivity index (χ2n) is 9.03. The van der Waals surface area contributed by atoms with Crippen LogP contribution in [0.1, 0.15) is 23.7 Å². The number of carbonyl (C=O) groups is 1. The molecule has 1 N–H and O–H groups in total. The van der Waals surface area contributed by atoms with Crippen LogP contribution >= 0.6 is 11.6 Å². The van der Waals surface area contributed by atoms with Crippen molar-refractivity contribution in [3.63, 3.8) is 0 Å². The van der Waals surface area contributed by atoms with Gasteiger partial charge in [0.2, 0.25) is 5.88 Å². The van der Waals surface area contributed by atoms with E-state index in [1.807, 2.05) is 0 Å². The highest BCUT2D eigenvalue weighted by Gasteiger charge is 2.39. The Morgan fingerprint density at radius 3 is 2.61 bits per heavy atom. The van der Waals surface area contributed by atoms with Gasteiger partial charge in [-0.3, -0.25) is 4.79 Å². The highest BCUT2D eigenvalue weighted by molar-refractivity contribution is 7.91. The maximum absolute atomic E-state index is 13.6. The first-order chi connectivity index (χ1) is 17.1. The highest BCUT2D eigenvalue weighted by atomic mass is 35.5. The minimum absolute atomic E-state index is 0.0413. The largest absolute Gasteiger partial charge is 0.481 e. The van der Waals surface area contributed by atoms with Crippen molar-refractivity contribution in [3.05, 3.63) is 71.1 Å². The fourth-order valence-corrected chi connectivity index (χ4v) is 6.69. The van der Waals surface area contributed by atoms with Crippen LogP contribution in [0.2, 0.25) is 5.02 Å². The van der Waals surface area contributed by atoms with E-state index in [-0.39, 0.29) is 11.5 Å². The van der Waals surface area contributed by atoms with E-state index in [1.54, 1.807) is 48.0 Å². The second-order valence-corrected chi connectivity index (χ2v) is 11.6. The summed E-state index contributed by atoms with van der Waals surface area (Å²) >= 11 is 6.45. The molecule has 1 aliphatic heterocycles. The van der Waals surface area contributed by atoms with Gasteiger partial charge < -0.3 is 10.1 Å². The molecule has 3 heterocycles. The molecular formula is C25H22ClFN4O4S. The summed E-state index contributed by atoms with van der Waals surface area (Å²) in [6.45, 7) is 1.73. The van der Waals surface area contributed by atoms with Gasteiger partial charge in [0.15, 0.2) is 9.84 Å². The Balaban J connectivity index is 1.63. The predicted octanol–water partition coefficient (Wildman–Crippen LogP) is 4.20. The molecule has 0 aliphatic carbocycles. The van der Waals surface area contributed by atoms with Crippen molar-refractivity contribution in [2.45, 2.75) is 18.9 Å². The molecule has 8 nitrogen and oxygen atoms in total. The lowest BCUT2D eigenvalue weighted by Crippen LogP contribution is -2.46. The van der Waals surface area contributed by atoms with Crippen molar-refractivity contribution in [2.75, 3.05) is 18.6 Å². The van der Waals surface area contributed by atoms with Gasteiger partial charge in [0, 0.05) is 22.6 Å². The van der Waals surface area contributed by atoms with E-state index in [0.29, 0.717) is 50.7 Å². The lowest BCUT2D eigenvalue weighted by Gasteiger charge is -2.23. The number of benzene rings is 2. The number of nitrogens with one attached hydrogen (secondary N) is 1. The molecule has 1 aliphatic rings. The fraction of sp³-hybridized carbons (Fsp3) is 0.240. The van der Waals surface area contributed by atoms with Crippen LogP contribution in [-0.2, 0) is 9.84 Å². The normalized spacial score (nSPS) is 18.9. The van der Waals surface area contributed by atoms with Crippen LogP contribution in [0.3, 0.4) is 0 Å². The maximum atomic E-state index is 13.6. The van der Waals surface area contributed by atoms with Crippen LogP contribution in [0, 0.1) is 5.82 Å². The summed E-state index contributed by atoms with van der Waals surface area (Å²) in [5, 5.41) is 8.68. The lowest BCUT2D eigenvalue weighted by molar-refractivity contribution is 0.0915. The first-order valence-corrected chi connectivity index (χ1v) is 13.3. The number of sulfone groups is 1. The Hall–Kier alpha value is -3.50. The number of ether oxygens (including phenoxy) is 1. The number of methoxy groups -OCH3 is 1. The summed E-state index contributed by atoms with van der Waals surface area (Å²) in [5.74, 6) is -0.492. The molecule has 186 valence electrons. The van der Waals surface area contributed by atoms with Crippen molar-refractivity contribution in [2.24, 2.45) is 0 Å². The van der Waals surface area contributed by atoms with Crippen LogP contribution in [0.25, 0.3) is 27.8 Å². The number of hydrogen-bond acceptors (Lipinski definition) is 6. The van der Waals surface area contributed by atoms with Gasteiger partial charge in [-0.1, -0.05) is 11.6 Å². The van der Waals surface area contributed by atoms with E-state index in [4.69, 9.17) is 21.4 Å². The third kappa shape index (κ3) is 4.54. The Labute approximate surface area is 212 Å². The van der Waals surface area contributed by atoms with Crippen LogP contribution in [-0.4, -0.2) is 53.2 Å². The number of pyridine rings is 1.